The van der Waals surface area contributed by atoms with Gasteiger partial charge in [-0.05, 0) is 11.6 Å². The number of nitrogens with zero attached hydrogens (tertiary/aromatic N) is 2. The Bertz CT molecular complexity index is 353. The smallest absolute Gasteiger partial charge is 0.221 e. The maximum absolute atomic E-state index is 10.8. The van der Waals surface area contributed by atoms with E-state index in [0.29, 0.717) is 0 Å². The number of hydrogen-bond donors (Lipinski definition) is 0. The van der Waals surface area contributed by atoms with Crippen molar-refractivity contribution in [1.29, 1.82) is 0 Å². The largest absolute Gasteiger partial charge is 0.384 e. The third-order valence-electron chi connectivity index (χ3n) is 0.884. The Morgan fingerprint density at radius 3 is 2.64 bits per heavy atom. The quantitative estimate of drug-likeness (QED) is 0.519. The summed E-state index contributed by atoms with van der Waals surface area (Å²) >= 11 is 5.38. The van der Waals surface area contributed by atoms with Gasteiger partial charge in [0.25, 0.3) is 11.4 Å². The molecule has 0 fully saturated rings. The van der Waals surface area contributed by atoms with Gasteiger partial charge in [0.15, 0.2) is 0 Å². The highest BCUT2D eigenvalue weighted by Gasteiger charge is 2.20. The molecule has 0 aromatic rings. The topological polar surface area (TPSA) is 58.9 Å². The van der Waals surface area contributed by atoms with E-state index in [1.54, 1.807) is 0 Å². The summed E-state index contributed by atoms with van der Waals surface area (Å²) in [7, 11) is -3.35. The standard InChI is InChI=1S/C5H4ClN2O2S/c1-11(9,10)5-7-3-2-4(6)8-5/h3H,1H3/q+1. The van der Waals surface area contributed by atoms with E-state index < -0.39 is 9.84 Å². The number of allylic oxidation sites excluding steroid dienone is 1. The summed E-state index contributed by atoms with van der Waals surface area (Å²) in [6, 6.07) is 0. The lowest BCUT2D eigenvalue weighted by Gasteiger charge is -1.92. The molecule has 0 bridgehead atoms. The number of sulfone groups is 1. The first-order valence-corrected chi connectivity index (χ1v) is 4.87. The lowest BCUT2D eigenvalue weighted by molar-refractivity contribution is 0.612. The molecule has 0 unspecified atom stereocenters. The van der Waals surface area contributed by atoms with Gasteiger partial charge in [-0.2, -0.15) is 9.98 Å². The molecule has 4 nitrogen and oxygen atoms in total. The first kappa shape index (κ1) is 8.33. The van der Waals surface area contributed by atoms with Gasteiger partial charge in [-0.25, -0.2) is 8.42 Å². The number of halogens is 1. The van der Waals surface area contributed by atoms with Crippen LogP contribution in [-0.4, -0.2) is 25.0 Å². The zero-order valence-corrected chi connectivity index (χ0v) is 7.15. The molecule has 0 atom stereocenters. The minimum absolute atomic E-state index is 0.000394. The molecule has 0 aromatic heterocycles. The van der Waals surface area contributed by atoms with E-state index in [4.69, 9.17) is 11.6 Å². The van der Waals surface area contributed by atoms with Gasteiger partial charge in [-0.15, -0.1) is 0 Å². The van der Waals surface area contributed by atoms with Crippen LogP contribution in [0.25, 0.3) is 0 Å². The van der Waals surface area contributed by atoms with Gasteiger partial charge in [-0.3, -0.25) is 0 Å². The van der Waals surface area contributed by atoms with Crippen molar-refractivity contribution in [3.63, 3.8) is 0 Å². The van der Waals surface area contributed by atoms with Crippen molar-refractivity contribution in [1.82, 2.24) is 0 Å². The van der Waals surface area contributed by atoms with Crippen molar-refractivity contribution in [2.45, 2.75) is 0 Å². The second-order valence-corrected chi connectivity index (χ2v) is 4.13. The van der Waals surface area contributed by atoms with E-state index >= 15 is 0 Å². The van der Waals surface area contributed by atoms with Crippen LogP contribution in [0.2, 0.25) is 0 Å². The van der Waals surface area contributed by atoms with Crippen molar-refractivity contribution >= 4 is 31.8 Å². The zero-order chi connectivity index (χ0) is 8.48. The molecule has 0 radical (unpaired) electrons. The average Bonchev–Trinajstić information content (AvgIpc) is 1.86. The molecular weight excluding hydrogens is 188 g/mol. The predicted molar refractivity (Wildman–Crippen MR) is 43.4 cm³/mol. The van der Waals surface area contributed by atoms with Crippen molar-refractivity contribution in [3.8, 4) is 0 Å². The van der Waals surface area contributed by atoms with Crippen LogP contribution >= 0.6 is 11.6 Å². The van der Waals surface area contributed by atoms with Crippen LogP contribution < -0.4 is 0 Å². The van der Waals surface area contributed by atoms with E-state index in [2.05, 4.69) is 16.1 Å². The normalized spacial score (nSPS) is 16.9. The second-order valence-electron chi connectivity index (χ2n) is 1.86. The van der Waals surface area contributed by atoms with Crippen molar-refractivity contribution in [3.05, 3.63) is 12.3 Å². The third-order valence-corrected chi connectivity index (χ3v) is 1.94. The highest BCUT2D eigenvalue weighted by atomic mass is 35.5. The Morgan fingerprint density at radius 2 is 2.27 bits per heavy atom. The van der Waals surface area contributed by atoms with E-state index in [-0.39, 0.29) is 10.3 Å². The average molecular weight is 192 g/mol. The number of hydrogen-bond acceptors (Lipinski definition) is 4. The van der Waals surface area contributed by atoms with Crippen LogP contribution in [0.4, 0.5) is 0 Å². The highest BCUT2D eigenvalue weighted by molar-refractivity contribution is 8.05. The zero-order valence-electron chi connectivity index (χ0n) is 5.57. The SMILES string of the molecule is CS(=O)(=O)C1=NC=[C+]C(Cl)=N1. The van der Waals surface area contributed by atoms with Gasteiger partial charge in [-0.1, -0.05) is 0 Å². The Hall–Kier alpha value is -0.770. The molecule has 0 saturated heterocycles. The van der Waals surface area contributed by atoms with Crippen LogP contribution in [-0.2, 0) is 9.84 Å². The molecule has 0 spiro atoms. The Balaban J connectivity index is 3.13. The van der Waals surface area contributed by atoms with Gasteiger partial charge in [0.2, 0.25) is 9.84 Å². The minimum Gasteiger partial charge on any atom is -0.221 e. The molecule has 11 heavy (non-hydrogen) atoms. The molecule has 0 N–H and O–H groups in total. The fourth-order valence-electron chi connectivity index (χ4n) is 0.465. The van der Waals surface area contributed by atoms with Crippen LogP contribution in [0.15, 0.2) is 16.2 Å². The van der Waals surface area contributed by atoms with Crippen molar-refractivity contribution < 1.29 is 8.42 Å². The first-order valence-electron chi connectivity index (χ1n) is 2.60. The summed E-state index contributed by atoms with van der Waals surface area (Å²) < 4.78 is 21.6. The summed E-state index contributed by atoms with van der Waals surface area (Å²) in [5.41, 5.74) is 0. The van der Waals surface area contributed by atoms with Gasteiger partial charge >= 0.3 is 11.2 Å². The van der Waals surface area contributed by atoms with E-state index in [1.807, 2.05) is 0 Å². The maximum Gasteiger partial charge on any atom is 0.384 e. The molecule has 1 rings (SSSR count). The predicted octanol–water partition coefficient (Wildman–Crippen LogP) is 0.355. The molecule has 0 aliphatic carbocycles. The summed E-state index contributed by atoms with van der Waals surface area (Å²) in [5, 5.41) is -0.276. The molecule has 58 valence electrons. The maximum atomic E-state index is 10.8. The van der Waals surface area contributed by atoms with Gasteiger partial charge < -0.3 is 0 Å². The van der Waals surface area contributed by atoms with Gasteiger partial charge in [0, 0.05) is 6.26 Å². The Morgan fingerprint density at radius 1 is 1.64 bits per heavy atom. The molecule has 1 aliphatic rings. The van der Waals surface area contributed by atoms with Gasteiger partial charge in [0.1, 0.15) is 0 Å². The van der Waals surface area contributed by atoms with Crippen LogP contribution in [0, 0.1) is 6.08 Å². The lowest BCUT2D eigenvalue weighted by atomic mass is 10.6. The van der Waals surface area contributed by atoms with Gasteiger partial charge in [0.05, 0.1) is 0 Å². The number of aliphatic imine (C=N–C) groups is 2. The molecular formula is C5H4ClN2O2S+. The first-order chi connectivity index (χ1) is 5.00. The molecule has 0 amide bonds. The van der Waals surface area contributed by atoms with E-state index in [9.17, 15) is 8.42 Å². The fraction of sp³-hybridized carbons (Fsp3) is 0.200. The number of amidine groups is 1. The third kappa shape index (κ3) is 2.08. The monoisotopic (exact) mass is 191 g/mol. The fourth-order valence-corrected chi connectivity index (χ4v) is 1.14. The molecule has 1 aliphatic heterocycles. The molecule has 0 saturated carbocycles. The Labute approximate surface area is 69.2 Å². The van der Waals surface area contributed by atoms with Crippen molar-refractivity contribution in [2.75, 3.05) is 6.26 Å². The molecule has 6 heteroatoms. The molecule has 1 heterocycles. The summed E-state index contributed by atoms with van der Waals surface area (Å²) in [6.45, 7) is 0. The van der Waals surface area contributed by atoms with Crippen LogP contribution in [0.1, 0.15) is 0 Å². The van der Waals surface area contributed by atoms with E-state index in [0.717, 1.165) is 6.26 Å². The highest BCUT2D eigenvalue weighted by Crippen LogP contribution is 2.02. The summed E-state index contributed by atoms with van der Waals surface area (Å²) in [4.78, 5) is 6.93. The summed E-state index contributed by atoms with van der Waals surface area (Å²) in [6.07, 6.45) is 4.61. The minimum atomic E-state index is -3.35. The Kier molecular flexibility index (Phi) is 2.04. The van der Waals surface area contributed by atoms with Crippen LogP contribution in [0.5, 0.6) is 0 Å². The van der Waals surface area contributed by atoms with Crippen LogP contribution in [0.3, 0.4) is 0 Å². The second kappa shape index (κ2) is 2.70. The molecule has 0 aromatic carbocycles. The lowest BCUT2D eigenvalue weighted by Crippen LogP contribution is -2.12. The van der Waals surface area contributed by atoms with E-state index in [1.165, 1.54) is 6.20 Å². The summed E-state index contributed by atoms with van der Waals surface area (Å²) in [5.74, 6) is 0. The van der Waals surface area contributed by atoms with Crippen molar-refractivity contribution in [2.24, 2.45) is 9.98 Å². The number of rotatable bonds is 0.